The third-order valence-corrected chi connectivity index (χ3v) is 3.54. The molecule has 1 amide bonds. The highest BCUT2D eigenvalue weighted by molar-refractivity contribution is 5.97. The maximum absolute atomic E-state index is 12.3. The molecule has 0 saturated heterocycles. The Balaban J connectivity index is 2.99. The van der Waals surface area contributed by atoms with Gasteiger partial charge in [0, 0.05) is 0 Å². The van der Waals surface area contributed by atoms with Crippen LogP contribution in [0.3, 0.4) is 0 Å². The van der Waals surface area contributed by atoms with Crippen molar-refractivity contribution < 1.29 is 19.4 Å². The minimum Gasteiger partial charge on any atom is -0.496 e. The minimum atomic E-state index is -0.943. The average molecular weight is 279 g/mol. The van der Waals surface area contributed by atoms with Crippen LogP contribution < -0.4 is 10.1 Å². The SMILES string of the molecule is COc1ccccc1C(=O)NC(C)(CC(=O)O)C(C)C. The number of benzene rings is 1. The highest BCUT2D eigenvalue weighted by Gasteiger charge is 2.33. The molecule has 0 bridgehead atoms. The van der Waals surface area contributed by atoms with Gasteiger partial charge in [0.05, 0.1) is 24.6 Å². The molecule has 0 radical (unpaired) electrons. The van der Waals surface area contributed by atoms with Gasteiger partial charge in [-0.05, 0) is 25.0 Å². The van der Waals surface area contributed by atoms with Gasteiger partial charge in [-0.2, -0.15) is 0 Å². The van der Waals surface area contributed by atoms with Gasteiger partial charge in [0.2, 0.25) is 0 Å². The van der Waals surface area contributed by atoms with Crippen LogP contribution in [0.25, 0.3) is 0 Å². The highest BCUT2D eigenvalue weighted by atomic mass is 16.5. The van der Waals surface area contributed by atoms with Crippen LogP contribution in [-0.4, -0.2) is 29.6 Å². The molecule has 5 heteroatoms. The Kier molecular flexibility index (Phi) is 5.13. The summed E-state index contributed by atoms with van der Waals surface area (Å²) in [4.78, 5) is 23.3. The minimum absolute atomic E-state index is 0.0164. The quantitative estimate of drug-likeness (QED) is 0.838. The number of nitrogens with one attached hydrogen (secondary N) is 1. The van der Waals surface area contributed by atoms with Crippen molar-refractivity contribution in [2.45, 2.75) is 32.7 Å². The Labute approximate surface area is 118 Å². The van der Waals surface area contributed by atoms with Crippen molar-refractivity contribution in [3.05, 3.63) is 29.8 Å². The van der Waals surface area contributed by atoms with Gasteiger partial charge in [0.25, 0.3) is 5.91 Å². The number of carboxylic acid groups (broad SMARTS) is 1. The average Bonchev–Trinajstić information content (AvgIpc) is 2.37. The molecule has 1 atom stereocenters. The fraction of sp³-hybridized carbons (Fsp3) is 0.467. The second-order valence-corrected chi connectivity index (χ2v) is 5.30. The molecule has 20 heavy (non-hydrogen) atoms. The normalized spacial score (nSPS) is 13.7. The van der Waals surface area contributed by atoms with Gasteiger partial charge in [-0.3, -0.25) is 9.59 Å². The maximum Gasteiger partial charge on any atom is 0.305 e. The number of carboxylic acids is 1. The number of hydrogen-bond acceptors (Lipinski definition) is 3. The topological polar surface area (TPSA) is 75.6 Å². The van der Waals surface area contributed by atoms with E-state index in [2.05, 4.69) is 5.32 Å². The van der Waals surface area contributed by atoms with Crippen LogP contribution in [0, 0.1) is 5.92 Å². The Bertz CT molecular complexity index is 498. The van der Waals surface area contributed by atoms with Crippen LogP contribution in [0.1, 0.15) is 37.6 Å². The molecule has 1 unspecified atom stereocenters. The summed E-state index contributed by atoms with van der Waals surface area (Å²) in [6, 6.07) is 6.85. The van der Waals surface area contributed by atoms with Crippen LogP contribution in [0.5, 0.6) is 5.75 Å². The second kappa shape index (κ2) is 6.41. The molecule has 0 aromatic heterocycles. The lowest BCUT2D eigenvalue weighted by Gasteiger charge is -2.33. The van der Waals surface area contributed by atoms with Gasteiger partial charge in [0.1, 0.15) is 5.75 Å². The first-order valence-electron chi connectivity index (χ1n) is 6.47. The number of aliphatic carboxylic acids is 1. The number of ether oxygens (including phenoxy) is 1. The highest BCUT2D eigenvalue weighted by Crippen LogP contribution is 2.23. The van der Waals surface area contributed by atoms with E-state index in [1.165, 1.54) is 7.11 Å². The predicted molar refractivity (Wildman–Crippen MR) is 76.0 cm³/mol. The fourth-order valence-electron chi connectivity index (χ4n) is 1.87. The monoisotopic (exact) mass is 279 g/mol. The number of para-hydroxylation sites is 1. The molecular weight excluding hydrogens is 258 g/mol. The Hall–Kier alpha value is -2.04. The van der Waals surface area contributed by atoms with Crippen molar-refractivity contribution in [2.75, 3.05) is 7.11 Å². The van der Waals surface area contributed by atoms with E-state index < -0.39 is 11.5 Å². The van der Waals surface area contributed by atoms with Crippen LogP contribution in [0.2, 0.25) is 0 Å². The first-order chi connectivity index (χ1) is 9.30. The standard InChI is InChI=1S/C15H21NO4/c1-10(2)15(3,9-13(17)18)16-14(19)11-7-5-6-8-12(11)20-4/h5-8,10H,9H2,1-4H3,(H,16,19)(H,17,18). The van der Waals surface area contributed by atoms with E-state index in [9.17, 15) is 9.59 Å². The van der Waals surface area contributed by atoms with Gasteiger partial charge in [0.15, 0.2) is 0 Å². The molecule has 5 nitrogen and oxygen atoms in total. The maximum atomic E-state index is 12.3. The zero-order valence-electron chi connectivity index (χ0n) is 12.3. The van der Waals surface area contributed by atoms with Crippen molar-refractivity contribution in [3.63, 3.8) is 0 Å². The molecule has 1 rings (SSSR count). The molecule has 1 aromatic rings. The lowest BCUT2D eigenvalue weighted by atomic mass is 9.85. The summed E-state index contributed by atoms with van der Waals surface area (Å²) in [5.74, 6) is -0.829. The van der Waals surface area contributed by atoms with Crippen molar-refractivity contribution >= 4 is 11.9 Å². The summed E-state index contributed by atoms with van der Waals surface area (Å²) in [5.41, 5.74) is -0.420. The van der Waals surface area contributed by atoms with E-state index in [0.717, 1.165) is 0 Å². The van der Waals surface area contributed by atoms with E-state index in [-0.39, 0.29) is 18.2 Å². The first kappa shape index (κ1) is 16.0. The molecule has 2 N–H and O–H groups in total. The van der Waals surface area contributed by atoms with Gasteiger partial charge in [-0.15, -0.1) is 0 Å². The summed E-state index contributed by atoms with van der Waals surface area (Å²) < 4.78 is 5.15. The molecule has 110 valence electrons. The summed E-state index contributed by atoms with van der Waals surface area (Å²) >= 11 is 0. The number of carbonyl (C=O) groups excluding carboxylic acids is 1. The van der Waals surface area contributed by atoms with E-state index >= 15 is 0 Å². The molecule has 1 aromatic carbocycles. The van der Waals surface area contributed by atoms with Gasteiger partial charge >= 0.3 is 5.97 Å². The Morgan fingerprint density at radius 3 is 2.45 bits per heavy atom. The van der Waals surface area contributed by atoms with E-state index in [1.54, 1.807) is 31.2 Å². The van der Waals surface area contributed by atoms with Crippen molar-refractivity contribution in [1.82, 2.24) is 5.32 Å². The molecule has 0 aliphatic rings. The van der Waals surface area contributed by atoms with E-state index in [0.29, 0.717) is 11.3 Å². The van der Waals surface area contributed by atoms with Crippen molar-refractivity contribution in [2.24, 2.45) is 5.92 Å². The molecule has 0 saturated carbocycles. The second-order valence-electron chi connectivity index (χ2n) is 5.30. The van der Waals surface area contributed by atoms with Crippen LogP contribution in [0.15, 0.2) is 24.3 Å². The van der Waals surface area contributed by atoms with Crippen LogP contribution in [-0.2, 0) is 4.79 Å². The molecular formula is C15H21NO4. The summed E-state index contributed by atoms with van der Waals surface area (Å²) in [7, 11) is 1.49. The summed E-state index contributed by atoms with van der Waals surface area (Å²) in [5, 5.41) is 11.8. The largest absolute Gasteiger partial charge is 0.496 e. The third kappa shape index (κ3) is 3.73. The van der Waals surface area contributed by atoms with Crippen LogP contribution in [0.4, 0.5) is 0 Å². The first-order valence-corrected chi connectivity index (χ1v) is 6.47. The third-order valence-electron chi connectivity index (χ3n) is 3.54. The van der Waals surface area contributed by atoms with Gasteiger partial charge < -0.3 is 15.2 Å². The molecule has 0 spiro atoms. The Morgan fingerprint density at radius 1 is 1.35 bits per heavy atom. The molecule has 0 fully saturated rings. The number of methoxy groups -OCH3 is 1. The molecule has 0 aliphatic carbocycles. The van der Waals surface area contributed by atoms with Gasteiger partial charge in [-0.1, -0.05) is 26.0 Å². The van der Waals surface area contributed by atoms with Crippen molar-refractivity contribution in [1.29, 1.82) is 0 Å². The van der Waals surface area contributed by atoms with E-state index in [1.807, 2.05) is 13.8 Å². The predicted octanol–water partition coefficient (Wildman–Crippen LogP) is 2.31. The number of hydrogen-bond donors (Lipinski definition) is 2. The molecule has 0 heterocycles. The fourth-order valence-corrected chi connectivity index (χ4v) is 1.87. The summed E-state index contributed by atoms with van der Waals surface area (Å²) in [6.45, 7) is 5.50. The van der Waals surface area contributed by atoms with E-state index in [4.69, 9.17) is 9.84 Å². The lowest BCUT2D eigenvalue weighted by molar-refractivity contribution is -0.138. The number of amides is 1. The molecule has 0 aliphatic heterocycles. The smallest absolute Gasteiger partial charge is 0.305 e. The zero-order valence-corrected chi connectivity index (χ0v) is 12.3. The number of carbonyl (C=O) groups is 2. The van der Waals surface area contributed by atoms with Gasteiger partial charge in [-0.25, -0.2) is 0 Å². The van der Waals surface area contributed by atoms with Crippen molar-refractivity contribution in [3.8, 4) is 5.75 Å². The number of rotatable bonds is 6. The van der Waals surface area contributed by atoms with Crippen LogP contribution >= 0.6 is 0 Å². The lowest BCUT2D eigenvalue weighted by Crippen LogP contribution is -2.51. The zero-order chi connectivity index (χ0) is 15.3. The Morgan fingerprint density at radius 2 is 1.95 bits per heavy atom. The summed E-state index contributed by atoms with van der Waals surface area (Å²) in [6.07, 6.45) is -0.133.